The van der Waals surface area contributed by atoms with Crippen molar-refractivity contribution < 1.29 is 0 Å². The monoisotopic (exact) mass is 613 g/mol. The summed E-state index contributed by atoms with van der Waals surface area (Å²) in [6.45, 7) is 4.68. The molecule has 0 fully saturated rings. The van der Waals surface area contributed by atoms with Crippen molar-refractivity contribution in [2.75, 3.05) is 0 Å². The van der Waals surface area contributed by atoms with Crippen molar-refractivity contribution in [3.05, 3.63) is 163 Å². The Balaban J connectivity index is 1.18. The normalized spacial score (nSPS) is 13.4. The molecule has 0 N–H and O–H groups in total. The molecule has 2 aromatic heterocycles. The van der Waals surface area contributed by atoms with E-state index >= 15 is 0 Å². The highest BCUT2D eigenvalue weighted by molar-refractivity contribution is 6.11. The average molecular weight is 614 g/mol. The van der Waals surface area contributed by atoms with Crippen molar-refractivity contribution in [3.63, 3.8) is 0 Å². The van der Waals surface area contributed by atoms with Crippen molar-refractivity contribution in [2.24, 2.45) is 0 Å². The molecule has 0 spiro atoms. The van der Waals surface area contributed by atoms with Gasteiger partial charge in [0, 0.05) is 27.1 Å². The number of rotatable bonds is 3. The van der Waals surface area contributed by atoms with Crippen LogP contribution in [-0.4, -0.2) is 14.5 Å². The van der Waals surface area contributed by atoms with Crippen LogP contribution in [0.1, 0.15) is 25.0 Å². The molecule has 9 aromatic rings. The van der Waals surface area contributed by atoms with Crippen molar-refractivity contribution >= 4 is 43.5 Å². The van der Waals surface area contributed by atoms with Crippen LogP contribution in [0, 0.1) is 0 Å². The molecule has 1 aliphatic carbocycles. The molecule has 10 rings (SSSR count). The van der Waals surface area contributed by atoms with Gasteiger partial charge in [0.05, 0.1) is 22.2 Å². The minimum absolute atomic E-state index is 0.0745. The molecule has 0 bridgehead atoms. The third-order valence-corrected chi connectivity index (χ3v) is 10.4. The Kier molecular flexibility index (Phi) is 5.63. The fourth-order valence-corrected chi connectivity index (χ4v) is 7.95. The zero-order chi connectivity index (χ0) is 32.0. The molecular weight excluding hydrogens is 583 g/mol. The molecular formula is C45H31N3. The molecule has 0 amide bonds. The number of aromatic nitrogens is 3. The van der Waals surface area contributed by atoms with E-state index in [4.69, 9.17) is 9.97 Å². The van der Waals surface area contributed by atoms with E-state index in [0.717, 1.165) is 33.2 Å². The van der Waals surface area contributed by atoms with Gasteiger partial charge in [-0.3, -0.25) is 4.57 Å². The molecule has 0 radical (unpaired) electrons. The third-order valence-electron chi connectivity index (χ3n) is 10.4. The lowest BCUT2D eigenvalue weighted by Crippen LogP contribution is -2.14. The Hall–Kier alpha value is -6.06. The second-order valence-corrected chi connectivity index (χ2v) is 13.5. The first-order valence-corrected chi connectivity index (χ1v) is 16.6. The summed E-state index contributed by atoms with van der Waals surface area (Å²) in [5.74, 6) is 0.680. The number of nitrogens with zero attached hydrogens (tertiary/aromatic N) is 3. The van der Waals surface area contributed by atoms with Gasteiger partial charge >= 0.3 is 0 Å². The maximum absolute atomic E-state index is 5.38. The molecule has 1 aliphatic rings. The largest absolute Gasteiger partial charge is 0.278 e. The van der Waals surface area contributed by atoms with Gasteiger partial charge in [-0.25, -0.2) is 9.97 Å². The molecule has 226 valence electrons. The first-order valence-electron chi connectivity index (χ1n) is 16.6. The van der Waals surface area contributed by atoms with Gasteiger partial charge < -0.3 is 0 Å². The topological polar surface area (TPSA) is 30.7 Å². The van der Waals surface area contributed by atoms with Crippen LogP contribution in [0.15, 0.2) is 152 Å². The van der Waals surface area contributed by atoms with Crippen molar-refractivity contribution in [1.82, 2.24) is 14.5 Å². The van der Waals surface area contributed by atoms with E-state index in [1.54, 1.807) is 0 Å². The lowest BCUT2D eigenvalue weighted by atomic mass is 9.82. The molecule has 7 aromatic carbocycles. The molecule has 0 saturated carbocycles. The summed E-state index contributed by atoms with van der Waals surface area (Å²) in [7, 11) is 0. The molecule has 3 heteroatoms. The SMILES string of the molecule is CC1(C)c2ccccc2-c2cc3c(cc21)c1ccccc1n3-c1nc(-c2ccc(-c3ccc4ccccc4c3)cc2)c2ccccc2n1. The molecule has 0 unspecified atom stereocenters. The van der Waals surface area contributed by atoms with E-state index in [-0.39, 0.29) is 5.41 Å². The summed E-state index contributed by atoms with van der Waals surface area (Å²) in [5.41, 5.74) is 12.8. The van der Waals surface area contributed by atoms with Gasteiger partial charge in [0.2, 0.25) is 5.95 Å². The van der Waals surface area contributed by atoms with E-state index in [2.05, 4.69) is 170 Å². The predicted molar refractivity (Wildman–Crippen MR) is 200 cm³/mol. The molecule has 0 atom stereocenters. The van der Waals surface area contributed by atoms with Crippen LogP contribution < -0.4 is 0 Å². The number of hydrogen-bond donors (Lipinski definition) is 0. The van der Waals surface area contributed by atoms with E-state index in [9.17, 15) is 0 Å². The maximum atomic E-state index is 5.38. The Morgan fingerprint density at radius 1 is 0.458 bits per heavy atom. The number of para-hydroxylation sites is 2. The summed E-state index contributed by atoms with van der Waals surface area (Å²) in [5, 5.41) is 5.97. The van der Waals surface area contributed by atoms with Crippen molar-refractivity contribution in [3.8, 4) is 39.5 Å². The van der Waals surface area contributed by atoms with Crippen LogP contribution >= 0.6 is 0 Å². The van der Waals surface area contributed by atoms with Crippen molar-refractivity contribution in [1.29, 1.82) is 0 Å². The van der Waals surface area contributed by atoms with Gasteiger partial charge in [-0.2, -0.15) is 0 Å². The van der Waals surface area contributed by atoms with Gasteiger partial charge in [-0.15, -0.1) is 0 Å². The van der Waals surface area contributed by atoms with Gasteiger partial charge in [0.15, 0.2) is 0 Å². The fourth-order valence-electron chi connectivity index (χ4n) is 7.95. The first kappa shape index (κ1) is 27.1. The summed E-state index contributed by atoms with van der Waals surface area (Å²) < 4.78 is 2.26. The predicted octanol–water partition coefficient (Wildman–Crippen LogP) is 11.5. The van der Waals surface area contributed by atoms with Crippen LogP contribution in [0.25, 0.3) is 82.9 Å². The summed E-state index contributed by atoms with van der Waals surface area (Å²) in [6, 6.07) is 54.6. The fraction of sp³-hybridized carbons (Fsp3) is 0.0667. The van der Waals surface area contributed by atoms with Crippen LogP contribution in [0.2, 0.25) is 0 Å². The average Bonchev–Trinajstić information content (AvgIpc) is 3.58. The number of benzene rings is 7. The standard InChI is InChI=1S/C45H31N3/c1-45(2)38-16-8-5-13-33(38)36-27-42-37(26-39(36)45)34-14-7-10-18-41(34)48(42)44-46-40-17-9-6-15-35(40)43(47-44)30-22-19-29(20-23-30)32-24-21-28-11-3-4-12-31(28)25-32/h3-27H,1-2H3. The zero-order valence-corrected chi connectivity index (χ0v) is 26.8. The summed E-state index contributed by atoms with van der Waals surface area (Å²) in [4.78, 5) is 10.6. The quantitative estimate of drug-likeness (QED) is 0.198. The molecule has 0 aliphatic heterocycles. The summed E-state index contributed by atoms with van der Waals surface area (Å²) >= 11 is 0. The molecule has 48 heavy (non-hydrogen) atoms. The molecule has 0 saturated heterocycles. The highest BCUT2D eigenvalue weighted by Gasteiger charge is 2.36. The lowest BCUT2D eigenvalue weighted by Gasteiger charge is -2.21. The zero-order valence-electron chi connectivity index (χ0n) is 26.8. The third kappa shape index (κ3) is 3.88. The minimum atomic E-state index is -0.0745. The first-order chi connectivity index (χ1) is 23.5. The highest BCUT2D eigenvalue weighted by atomic mass is 15.2. The highest BCUT2D eigenvalue weighted by Crippen LogP contribution is 2.51. The van der Waals surface area contributed by atoms with E-state index in [0.29, 0.717) is 5.95 Å². The smallest absolute Gasteiger partial charge is 0.235 e. The molecule has 2 heterocycles. The lowest BCUT2D eigenvalue weighted by molar-refractivity contribution is 0.661. The Labute approximate surface area is 278 Å². The Morgan fingerprint density at radius 3 is 2.02 bits per heavy atom. The number of fused-ring (bicyclic) bond motifs is 8. The maximum Gasteiger partial charge on any atom is 0.235 e. The Morgan fingerprint density at radius 2 is 1.15 bits per heavy atom. The Bertz CT molecular complexity index is 2750. The minimum Gasteiger partial charge on any atom is -0.278 e. The van der Waals surface area contributed by atoms with Crippen LogP contribution in [0.3, 0.4) is 0 Å². The van der Waals surface area contributed by atoms with Gasteiger partial charge in [0.1, 0.15) is 0 Å². The van der Waals surface area contributed by atoms with E-state index in [1.807, 2.05) is 0 Å². The van der Waals surface area contributed by atoms with Gasteiger partial charge in [0.25, 0.3) is 0 Å². The van der Waals surface area contributed by atoms with Gasteiger partial charge in [-0.1, -0.05) is 135 Å². The van der Waals surface area contributed by atoms with Crippen molar-refractivity contribution in [2.45, 2.75) is 19.3 Å². The second-order valence-electron chi connectivity index (χ2n) is 13.5. The number of hydrogen-bond acceptors (Lipinski definition) is 2. The van der Waals surface area contributed by atoms with Crippen LogP contribution in [-0.2, 0) is 5.41 Å². The van der Waals surface area contributed by atoms with E-state index in [1.165, 1.54) is 54.9 Å². The second kappa shape index (κ2) is 9.97. The van der Waals surface area contributed by atoms with E-state index < -0.39 is 0 Å². The van der Waals surface area contributed by atoms with Crippen LogP contribution in [0.4, 0.5) is 0 Å². The molecule has 3 nitrogen and oxygen atoms in total. The summed E-state index contributed by atoms with van der Waals surface area (Å²) in [6.07, 6.45) is 0. The van der Waals surface area contributed by atoms with Crippen LogP contribution in [0.5, 0.6) is 0 Å². The van der Waals surface area contributed by atoms with Gasteiger partial charge in [-0.05, 0) is 74.5 Å².